The highest BCUT2D eigenvalue weighted by atomic mass is 32.1. The van der Waals surface area contributed by atoms with Gasteiger partial charge in [-0.3, -0.25) is 0 Å². The van der Waals surface area contributed by atoms with Gasteiger partial charge in [0.1, 0.15) is 5.82 Å². The summed E-state index contributed by atoms with van der Waals surface area (Å²) >= 11 is 1.69. The molecule has 1 N–H and O–H groups in total. The summed E-state index contributed by atoms with van der Waals surface area (Å²) in [6, 6.07) is 6.66. The lowest BCUT2D eigenvalue weighted by molar-refractivity contribution is 0.626. The normalized spacial score (nSPS) is 10.7. The van der Waals surface area contributed by atoms with Gasteiger partial charge in [0.25, 0.3) is 0 Å². The van der Waals surface area contributed by atoms with Crippen molar-refractivity contribution in [2.24, 2.45) is 0 Å². The van der Waals surface area contributed by atoms with Crippen LogP contribution >= 0.6 is 11.3 Å². The SMILES string of the molecule is CN(C)c1ncc(CNCCc2ccc(F)cc2)s1. The predicted octanol–water partition coefficient (Wildman–Crippen LogP) is 2.68. The Balaban J connectivity index is 1.72. The highest BCUT2D eigenvalue weighted by Gasteiger charge is 2.02. The number of rotatable bonds is 6. The summed E-state index contributed by atoms with van der Waals surface area (Å²) in [5, 5.41) is 4.40. The molecule has 2 rings (SSSR count). The lowest BCUT2D eigenvalue weighted by Gasteiger charge is -2.05. The van der Waals surface area contributed by atoms with E-state index < -0.39 is 0 Å². The van der Waals surface area contributed by atoms with Crippen LogP contribution in [0.25, 0.3) is 0 Å². The van der Waals surface area contributed by atoms with Crippen LogP contribution in [0.5, 0.6) is 0 Å². The summed E-state index contributed by atoms with van der Waals surface area (Å²) < 4.78 is 12.7. The van der Waals surface area contributed by atoms with Crippen molar-refractivity contribution < 1.29 is 4.39 Å². The first-order valence-electron chi connectivity index (χ1n) is 6.22. The molecule has 0 radical (unpaired) electrons. The molecule has 102 valence electrons. The predicted molar refractivity (Wildman–Crippen MR) is 78.3 cm³/mol. The molecule has 0 spiro atoms. The minimum absolute atomic E-state index is 0.183. The van der Waals surface area contributed by atoms with Gasteiger partial charge in [-0.05, 0) is 30.7 Å². The van der Waals surface area contributed by atoms with Crippen molar-refractivity contribution in [3.05, 3.63) is 46.7 Å². The van der Waals surface area contributed by atoms with E-state index in [-0.39, 0.29) is 5.82 Å². The van der Waals surface area contributed by atoms with Crippen LogP contribution in [-0.4, -0.2) is 25.6 Å². The topological polar surface area (TPSA) is 28.2 Å². The molecule has 0 fully saturated rings. The molecular weight excluding hydrogens is 261 g/mol. The van der Waals surface area contributed by atoms with Crippen LogP contribution in [0.15, 0.2) is 30.5 Å². The van der Waals surface area contributed by atoms with Crippen molar-refractivity contribution in [3.8, 4) is 0 Å². The number of hydrogen-bond donors (Lipinski definition) is 1. The third-order valence-corrected chi connectivity index (χ3v) is 3.89. The number of nitrogens with one attached hydrogen (secondary N) is 1. The Morgan fingerprint density at radius 1 is 1.26 bits per heavy atom. The van der Waals surface area contributed by atoms with Gasteiger partial charge in [0.2, 0.25) is 0 Å². The molecule has 1 aromatic heterocycles. The average molecular weight is 279 g/mol. The zero-order valence-corrected chi connectivity index (χ0v) is 12.0. The number of hydrogen-bond acceptors (Lipinski definition) is 4. The number of aromatic nitrogens is 1. The quantitative estimate of drug-likeness (QED) is 0.824. The lowest BCUT2D eigenvalue weighted by Crippen LogP contribution is -2.15. The number of thiazole rings is 1. The van der Waals surface area contributed by atoms with E-state index in [1.54, 1.807) is 11.3 Å². The second-order valence-electron chi connectivity index (χ2n) is 4.56. The van der Waals surface area contributed by atoms with Crippen LogP contribution in [0, 0.1) is 5.82 Å². The molecule has 0 aliphatic carbocycles. The molecule has 2 aromatic rings. The van der Waals surface area contributed by atoms with Crippen molar-refractivity contribution in [1.82, 2.24) is 10.3 Å². The maximum atomic E-state index is 12.7. The molecule has 3 nitrogen and oxygen atoms in total. The zero-order valence-electron chi connectivity index (χ0n) is 11.2. The van der Waals surface area contributed by atoms with Crippen LogP contribution in [0.3, 0.4) is 0 Å². The summed E-state index contributed by atoms with van der Waals surface area (Å²) in [6.45, 7) is 1.70. The Bertz CT molecular complexity index is 508. The molecule has 0 saturated carbocycles. The number of benzene rings is 1. The Hall–Kier alpha value is -1.46. The summed E-state index contributed by atoms with van der Waals surface area (Å²) in [5.41, 5.74) is 1.15. The second-order valence-corrected chi connectivity index (χ2v) is 5.65. The van der Waals surface area contributed by atoms with E-state index in [0.717, 1.165) is 30.2 Å². The fraction of sp³-hybridized carbons (Fsp3) is 0.357. The first-order valence-corrected chi connectivity index (χ1v) is 7.04. The van der Waals surface area contributed by atoms with E-state index in [1.807, 2.05) is 37.3 Å². The molecule has 0 aliphatic rings. The number of anilines is 1. The Morgan fingerprint density at radius 2 is 2.00 bits per heavy atom. The Morgan fingerprint density at radius 3 is 2.63 bits per heavy atom. The molecule has 0 aliphatic heterocycles. The Labute approximate surface area is 117 Å². The zero-order chi connectivity index (χ0) is 13.7. The van der Waals surface area contributed by atoms with Gasteiger partial charge in [-0.1, -0.05) is 12.1 Å². The fourth-order valence-electron chi connectivity index (χ4n) is 1.68. The van der Waals surface area contributed by atoms with Gasteiger partial charge in [0.15, 0.2) is 5.13 Å². The maximum Gasteiger partial charge on any atom is 0.185 e. The fourth-order valence-corrected chi connectivity index (χ4v) is 2.48. The van der Waals surface area contributed by atoms with Crippen LogP contribution < -0.4 is 10.2 Å². The van der Waals surface area contributed by atoms with Crippen molar-refractivity contribution >= 4 is 16.5 Å². The first-order chi connectivity index (χ1) is 9.15. The van der Waals surface area contributed by atoms with E-state index in [2.05, 4.69) is 10.3 Å². The van der Waals surface area contributed by atoms with E-state index in [9.17, 15) is 4.39 Å². The molecule has 0 saturated heterocycles. The molecule has 19 heavy (non-hydrogen) atoms. The number of halogens is 1. The highest BCUT2D eigenvalue weighted by Crippen LogP contribution is 2.19. The third-order valence-electron chi connectivity index (χ3n) is 2.73. The van der Waals surface area contributed by atoms with Crippen molar-refractivity contribution in [1.29, 1.82) is 0 Å². The molecule has 0 unspecified atom stereocenters. The van der Waals surface area contributed by atoms with Crippen molar-refractivity contribution in [3.63, 3.8) is 0 Å². The van der Waals surface area contributed by atoms with Gasteiger partial charge < -0.3 is 10.2 Å². The van der Waals surface area contributed by atoms with Gasteiger partial charge >= 0.3 is 0 Å². The first kappa shape index (κ1) is 14.0. The minimum atomic E-state index is -0.183. The van der Waals surface area contributed by atoms with Gasteiger partial charge in [0, 0.05) is 31.7 Å². The van der Waals surface area contributed by atoms with Gasteiger partial charge in [0.05, 0.1) is 0 Å². The lowest BCUT2D eigenvalue weighted by atomic mass is 10.1. The third kappa shape index (κ3) is 4.29. The molecule has 1 heterocycles. The Kier molecular flexibility index (Phi) is 4.87. The number of nitrogens with zero attached hydrogens (tertiary/aromatic N) is 2. The summed E-state index contributed by atoms with van der Waals surface area (Å²) in [4.78, 5) is 7.56. The van der Waals surface area contributed by atoms with E-state index >= 15 is 0 Å². The summed E-state index contributed by atoms with van der Waals surface area (Å²) in [7, 11) is 3.98. The van der Waals surface area contributed by atoms with Gasteiger partial charge in [-0.2, -0.15) is 0 Å². The molecule has 0 atom stereocenters. The summed E-state index contributed by atoms with van der Waals surface area (Å²) in [5.74, 6) is -0.183. The van der Waals surface area contributed by atoms with Crippen LogP contribution in [-0.2, 0) is 13.0 Å². The van der Waals surface area contributed by atoms with Gasteiger partial charge in [-0.25, -0.2) is 9.37 Å². The van der Waals surface area contributed by atoms with Crippen LogP contribution in [0.4, 0.5) is 9.52 Å². The molecule has 5 heteroatoms. The van der Waals surface area contributed by atoms with E-state index in [1.165, 1.54) is 17.0 Å². The smallest absolute Gasteiger partial charge is 0.185 e. The second kappa shape index (κ2) is 6.63. The molecule has 0 amide bonds. The standard InChI is InChI=1S/C14H18FN3S/c1-18(2)14-17-10-13(19-14)9-16-8-7-11-3-5-12(15)6-4-11/h3-6,10,16H,7-9H2,1-2H3. The van der Waals surface area contributed by atoms with Crippen molar-refractivity contribution in [2.75, 3.05) is 25.5 Å². The van der Waals surface area contributed by atoms with Crippen LogP contribution in [0.1, 0.15) is 10.4 Å². The van der Waals surface area contributed by atoms with Crippen LogP contribution in [0.2, 0.25) is 0 Å². The minimum Gasteiger partial charge on any atom is -0.354 e. The molecule has 1 aromatic carbocycles. The molecular formula is C14H18FN3S. The van der Waals surface area contributed by atoms with Gasteiger partial charge in [-0.15, -0.1) is 11.3 Å². The summed E-state index contributed by atoms with van der Waals surface area (Å²) in [6.07, 6.45) is 2.81. The maximum absolute atomic E-state index is 12.7. The van der Waals surface area contributed by atoms with E-state index in [0.29, 0.717) is 0 Å². The van der Waals surface area contributed by atoms with E-state index in [4.69, 9.17) is 0 Å². The van der Waals surface area contributed by atoms with Crippen molar-refractivity contribution in [2.45, 2.75) is 13.0 Å². The average Bonchev–Trinajstić information content (AvgIpc) is 2.86. The molecule has 0 bridgehead atoms. The highest BCUT2D eigenvalue weighted by molar-refractivity contribution is 7.15. The monoisotopic (exact) mass is 279 g/mol. The largest absolute Gasteiger partial charge is 0.354 e.